The summed E-state index contributed by atoms with van der Waals surface area (Å²) in [6, 6.07) is 6.29. The second-order valence-corrected chi connectivity index (χ2v) is 4.55. The van der Waals surface area contributed by atoms with Crippen molar-refractivity contribution >= 4 is 23.5 Å². The Bertz CT molecular complexity index is 527. The van der Waals surface area contributed by atoms with Crippen LogP contribution in [0.4, 0.5) is 5.69 Å². The molecule has 1 N–H and O–H groups in total. The van der Waals surface area contributed by atoms with Gasteiger partial charge in [-0.05, 0) is 24.3 Å². The van der Waals surface area contributed by atoms with E-state index in [4.69, 9.17) is 4.74 Å². The second-order valence-electron chi connectivity index (χ2n) is 4.55. The van der Waals surface area contributed by atoms with E-state index in [0.29, 0.717) is 24.4 Å². The number of amides is 2. The first-order valence-corrected chi connectivity index (χ1v) is 6.70. The SMILES string of the molecule is COCCN(CC(=O)Nc1ccc(C(=O)OC)cc1)C(C)=O. The summed E-state index contributed by atoms with van der Waals surface area (Å²) in [6.45, 7) is 2.05. The Morgan fingerprint density at radius 2 is 1.77 bits per heavy atom. The molecule has 120 valence electrons. The van der Waals surface area contributed by atoms with Crippen LogP contribution < -0.4 is 5.32 Å². The maximum absolute atomic E-state index is 11.9. The summed E-state index contributed by atoms with van der Waals surface area (Å²) in [4.78, 5) is 36.1. The Kier molecular flexibility index (Phi) is 7.04. The normalized spacial score (nSPS) is 9.95. The van der Waals surface area contributed by atoms with Gasteiger partial charge < -0.3 is 19.7 Å². The van der Waals surface area contributed by atoms with Gasteiger partial charge in [0.15, 0.2) is 0 Å². The molecule has 0 heterocycles. The van der Waals surface area contributed by atoms with Crippen molar-refractivity contribution in [3.63, 3.8) is 0 Å². The molecule has 2 amide bonds. The van der Waals surface area contributed by atoms with Gasteiger partial charge in [-0.2, -0.15) is 0 Å². The first-order valence-electron chi connectivity index (χ1n) is 6.70. The molecule has 0 radical (unpaired) electrons. The van der Waals surface area contributed by atoms with Crippen LogP contribution in [0.1, 0.15) is 17.3 Å². The van der Waals surface area contributed by atoms with E-state index in [1.54, 1.807) is 24.3 Å². The van der Waals surface area contributed by atoms with Crippen molar-refractivity contribution in [1.29, 1.82) is 0 Å². The fraction of sp³-hybridized carbons (Fsp3) is 0.400. The van der Waals surface area contributed by atoms with E-state index in [1.807, 2.05) is 0 Å². The summed E-state index contributed by atoms with van der Waals surface area (Å²) in [5.74, 6) is -0.967. The van der Waals surface area contributed by atoms with Gasteiger partial charge in [-0.1, -0.05) is 0 Å². The molecule has 0 saturated carbocycles. The molecule has 1 aromatic carbocycles. The smallest absolute Gasteiger partial charge is 0.337 e. The zero-order valence-corrected chi connectivity index (χ0v) is 12.9. The number of carbonyl (C=O) groups excluding carboxylic acids is 3. The highest BCUT2D eigenvalue weighted by Gasteiger charge is 2.13. The standard InChI is InChI=1S/C15H20N2O5/c1-11(18)17(8-9-21-2)10-14(19)16-13-6-4-12(5-7-13)15(20)22-3/h4-7H,8-10H2,1-3H3,(H,16,19). The van der Waals surface area contributed by atoms with Crippen molar-refractivity contribution in [1.82, 2.24) is 4.90 Å². The van der Waals surface area contributed by atoms with Crippen molar-refractivity contribution in [3.8, 4) is 0 Å². The van der Waals surface area contributed by atoms with Crippen molar-refractivity contribution in [2.75, 3.05) is 39.2 Å². The zero-order chi connectivity index (χ0) is 16.5. The zero-order valence-electron chi connectivity index (χ0n) is 12.9. The summed E-state index contributed by atoms with van der Waals surface area (Å²) in [5, 5.41) is 2.66. The maximum Gasteiger partial charge on any atom is 0.337 e. The molecule has 0 fully saturated rings. The molecule has 0 unspecified atom stereocenters. The molecule has 22 heavy (non-hydrogen) atoms. The van der Waals surface area contributed by atoms with Crippen LogP contribution in [0.15, 0.2) is 24.3 Å². The molecular formula is C15H20N2O5. The Morgan fingerprint density at radius 3 is 2.27 bits per heavy atom. The largest absolute Gasteiger partial charge is 0.465 e. The number of nitrogens with zero attached hydrogens (tertiary/aromatic N) is 1. The highest BCUT2D eigenvalue weighted by Crippen LogP contribution is 2.10. The van der Waals surface area contributed by atoms with Crippen molar-refractivity contribution < 1.29 is 23.9 Å². The minimum Gasteiger partial charge on any atom is -0.465 e. The molecule has 7 nitrogen and oxygen atoms in total. The summed E-state index contributed by atoms with van der Waals surface area (Å²) in [5.41, 5.74) is 0.929. The highest BCUT2D eigenvalue weighted by atomic mass is 16.5. The van der Waals surface area contributed by atoms with E-state index >= 15 is 0 Å². The van der Waals surface area contributed by atoms with Gasteiger partial charge >= 0.3 is 5.97 Å². The van der Waals surface area contributed by atoms with Crippen LogP contribution in [-0.2, 0) is 19.1 Å². The summed E-state index contributed by atoms with van der Waals surface area (Å²) in [6.07, 6.45) is 0. The minimum absolute atomic E-state index is 0.0581. The summed E-state index contributed by atoms with van der Waals surface area (Å²) in [7, 11) is 2.83. The Hall–Kier alpha value is -2.41. The monoisotopic (exact) mass is 308 g/mol. The van der Waals surface area contributed by atoms with Gasteiger partial charge in [-0.15, -0.1) is 0 Å². The number of esters is 1. The first-order chi connectivity index (χ1) is 10.5. The average Bonchev–Trinajstić information content (AvgIpc) is 2.51. The average molecular weight is 308 g/mol. The molecule has 1 rings (SSSR count). The van der Waals surface area contributed by atoms with Gasteiger partial charge in [0.05, 0.1) is 25.8 Å². The lowest BCUT2D eigenvalue weighted by atomic mass is 10.2. The predicted octanol–water partition coefficient (Wildman–Crippen LogP) is 0.907. The molecular weight excluding hydrogens is 288 g/mol. The number of hydrogen-bond donors (Lipinski definition) is 1. The Balaban J connectivity index is 2.60. The predicted molar refractivity (Wildman–Crippen MR) is 80.5 cm³/mol. The molecule has 1 aromatic rings. The van der Waals surface area contributed by atoms with E-state index in [2.05, 4.69) is 10.1 Å². The van der Waals surface area contributed by atoms with Crippen LogP contribution in [0, 0.1) is 0 Å². The van der Waals surface area contributed by atoms with E-state index in [0.717, 1.165) is 0 Å². The number of anilines is 1. The van der Waals surface area contributed by atoms with E-state index in [9.17, 15) is 14.4 Å². The Morgan fingerprint density at radius 1 is 1.14 bits per heavy atom. The summed E-state index contributed by atoms with van der Waals surface area (Å²) < 4.78 is 9.49. The van der Waals surface area contributed by atoms with Crippen LogP contribution in [0.3, 0.4) is 0 Å². The molecule has 0 spiro atoms. The van der Waals surface area contributed by atoms with Crippen molar-refractivity contribution in [2.45, 2.75) is 6.92 Å². The Labute approximate surface area is 129 Å². The summed E-state index contributed by atoms with van der Waals surface area (Å²) >= 11 is 0. The van der Waals surface area contributed by atoms with Crippen molar-refractivity contribution in [3.05, 3.63) is 29.8 Å². The molecule has 0 aromatic heterocycles. The molecule has 0 aliphatic carbocycles. The first kappa shape index (κ1) is 17.6. The third-order valence-corrected chi connectivity index (χ3v) is 2.93. The second kappa shape index (κ2) is 8.78. The number of carbonyl (C=O) groups is 3. The molecule has 7 heteroatoms. The van der Waals surface area contributed by atoms with Gasteiger partial charge in [-0.3, -0.25) is 9.59 Å². The van der Waals surface area contributed by atoms with Gasteiger partial charge in [0, 0.05) is 26.3 Å². The van der Waals surface area contributed by atoms with Gasteiger partial charge in [0.25, 0.3) is 0 Å². The number of hydrogen-bond acceptors (Lipinski definition) is 5. The maximum atomic E-state index is 11.9. The van der Waals surface area contributed by atoms with Crippen LogP contribution in [0.2, 0.25) is 0 Å². The molecule has 0 aliphatic rings. The highest BCUT2D eigenvalue weighted by molar-refractivity contribution is 5.95. The molecule has 0 atom stereocenters. The minimum atomic E-state index is -0.444. The lowest BCUT2D eigenvalue weighted by Crippen LogP contribution is -2.38. The lowest BCUT2D eigenvalue weighted by molar-refractivity contribution is -0.133. The van der Waals surface area contributed by atoms with E-state index < -0.39 is 5.97 Å². The van der Waals surface area contributed by atoms with Gasteiger partial charge in [0.2, 0.25) is 11.8 Å². The number of rotatable bonds is 7. The number of benzene rings is 1. The van der Waals surface area contributed by atoms with Crippen LogP contribution >= 0.6 is 0 Å². The number of methoxy groups -OCH3 is 2. The third kappa shape index (κ3) is 5.53. The number of nitrogens with one attached hydrogen (secondary N) is 1. The van der Waals surface area contributed by atoms with E-state index in [-0.39, 0.29) is 18.4 Å². The quantitative estimate of drug-likeness (QED) is 0.757. The van der Waals surface area contributed by atoms with Crippen LogP contribution in [-0.4, -0.2) is 56.6 Å². The fourth-order valence-corrected chi connectivity index (χ4v) is 1.73. The molecule has 0 bridgehead atoms. The lowest BCUT2D eigenvalue weighted by Gasteiger charge is -2.20. The van der Waals surface area contributed by atoms with Gasteiger partial charge in [-0.25, -0.2) is 4.79 Å². The van der Waals surface area contributed by atoms with Crippen LogP contribution in [0.5, 0.6) is 0 Å². The van der Waals surface area contributed by atoms with Crippen LogP contribution in [0.25, 0.3) is 0 Å². The molecule has 0 saturated heterocycles. The molecule has 0 aliphatic heterocycles. The van der Waals surface area contributed by atoms with Gasteiger partial charge in [0.1, 0.15) is 0 Å². The van der Waals surface area contributed by atoms with Crippen molar-refractivity contribution in [2.24, 2.45) is 0 Å². The third-order valence-electron chi connectivity index (χ3n) is 2.93. The topological polar surface area (TPSA) is 84.9 Å². The van der Waals surface area contributed by atoms with E-state index in [1.165, 1.54) is 26.0 Å². The fourth-order valence-electron chi connectivity index (χ4n) is 1.73. The number of ether oxygens (including phenoxy) is 2.